The van der Waals surface area contributed by atoms with Crippen LogP contribution in [0.4, 0.5) is 10.5 Å². The van der Waals surface area contributed by atoms with Crippen LogP contribution < -0.4 is 24.4 Å². The van der Waals surface area contributed by atoms with Crippen molar-refractivity contribution in [3.63, 3.8) is 0 Å². The fraction of sp³-hybridized carbons (Fsp3) is 0.115. The first kappa shape index (κ1) is 23.8. The number of carbonyl (C=O) groups excluding carboxylic acids is 3. The Morgan fingerprint density at radius 1 is 0.886 bits per heavy atom. The maximum absolute atomic E-state index is 13.0. The molecule has 1 N–H and O–H groups in total. The lowest BCUT2D eigenvalue weighted by molar-refractivity contribution is -0.122. The molecule has 1 saturated heterocycles. The molecule has 4 amide bonds. The molecule has 3 aromatic carbocycles. The van der Waals surface area contributed by atoms with Gasteiger partial charge >= 0.3 is 6.03 Å². The number of amides is 4. The zero-order valence-corrected chi connectivity index (χ0v) is 19.5. The molecule has 4 rings (SSSR count). The quantitative estimate of drug-likeness (QED) is 0.283. The molecular formula is C26H21ClN2O6. The first-order valence-electron chi connectivity index (χ1n) is 10.6. The zero-order valence-electron chi connectivity index (χ0n) is 18.7. The number of rotatable bonds is 8. The molecule has 0 aromatic heterocycles. The van der Waals surface area contributed by atoms with E-state index in [1.807, 2.05) is 30.3 Å². The lowest BCUT2D eigenvalue weighted by atomic mass is 10.1. The van der Waals surface area contributed by atoms with Crippen molar-refractivity contribution in [3.05, 3.63) is 89.0 Å². The Morgan fingerprint density at radius 2 is 1.60 bits per heavy atom. The summed E-state index contributed by atoms with van der Waals surface area (Å²) in [5.74, 6) is 0.0876. The van der Waals surface area contributed by atoms with E-state index in [-0.39, 0.29) is 17.9 Å². The lowest BCUT2D eigenvalue weighted by Crippen LogP contribution is -2.54. The molecule has 1 heterocycles. The van der Waals surface area contributed by atoms with Crippen molar-refractivity contribution in [2.45, 2.75) is 0 Å². The Kier molecular flexibility index (Phi) is 7.32. The monoisotopic (exact) mass is 492 g/mol. The van der Waals surface area contributed by atoms with Gasteiger partial charge in [0.1, 0.15) is 24.5 Å². The number of methoxy groups -OCH3 is 1. The standard InChI is InChI=1S/C26H21ClN2O6/c1-33-23-16-17(7-12-22(23)35-14-13-34-20-5-3-2-4-6-20)15-21-24(30)28-26(32)29(25(21)31)19-10-8-18(27)9-11-19/h2-12,15-16H,13-14H2,1H3,(H,28,30,32). The number of nitrogens with zero attached hydrogens (tertiary/aromatic N) is 1. The molecule has 35 heavy (non-hydrogen) atoms. The molecule has 0 saturated carbocycles. The molecule has 0 radical (unpaired) electrons. The molecule has 0 spiro atoms. The predicted octanol–water partition coefficient (Wildman–Crippen LogP) is 4.47. The Morgan fingerprint density at radius 3 is 2.31 bits per heavy atom. The SMILES string of the molecule is COc1cc(C=C2C(=O)NC(=O)N(c3ccc(Cl)cc3)C2=O)ccc1OCCOc1ccccc1. The van der Waals surface area contributed by atoms with Crippen molar-refractivity contribution in [2.24, 2.45) is 0 Å². The molecular weight excluding hydrogens is 472 g/mol. The molecule has 8 nitrogen and oxygen atoms in total. The van der Waals surface area contributed by atoms with E-state index in [0.29, 0.717) is 28.7 Å². The fourth-order valence-electron chi connectivity index (χ4n) is 3.37. The molecule has 3 aromatic rings. The number of urea groups is 1. The summed E-state index contributed by atoms with van der Waals surface area (Å²) < 4.78 is 16.8. The van der Waals surface area contributed by atoms with Crippen molar-refractivity contribution in [1.29, 1.82) is 0 Å². The predicted molar refractivity (Wildman–Crippen MR) is 131 cm³/mol. The van der Waals surface area contributed by atoms with Crippen LogP contribution in [0.15, 0.2) is 78.4 Å². The van der Waals surface area contributed by atoms with Gasteiger partial charge in [0.2, 0.25) is 0 Å². The van der Waals surface area contributed by atoms with Gasteiger partial charge in [-0.25, -0.2) is 9.69 Å². The minimum atomic E-state index is -0.835. The summed E-state index contributed by atoms with van der Waals surface area (Å²) in [6.45, 7) is 0.618. The molecule has 9 heteroatoms. The van der Waals surface area contributed by atoms with Gasteiger partial charge in [0.25, 0.3) is 11.8 Å². The average molecular weight is 493 g/mol. The van der Waals surface area contributed by atoms with Crippen LogP contribution in [-0.2, 0) is 9.59 Å². The Balaban J connectivity index is 1.49. The smallest absolute Gasteiger partial charge is 0.335 e. The largest absolute Gasteiger partial charge is 0.493 e. The second-order valence-electron chi connectivity index (χ2n) is 7.35. The van der Waals surface area contributed by atoms with Crippen LogP contribution >= 0.6 is 11.6 Å². The second-order valence-corrected chi connectivity index (χ2v) is 7.79. The van der Waals surface area contributed by atoms with Crippen molar-refractivity contribution >= 4 is 41.2 Å². The van der Waals surface area contributed by atoms with Crippen LogP contribution in [0.3, 0.4) is 0 Å². The Labute approximate surface area is 206 Å². The Bertz CT molecular complexity index is 1270. The summed E-state index contributed by atoms with van der Waals surface area (Å²) in [6.07, 6.45) is 1.39. The maximum Gasteiger partial charge on any atom is 0.335 e. The van der Waals surface area contributed by atoms with Crippen molar-refractivity contribution in [1.82, 2.24) is 5.32 Å². The van der Waals surface area contributed by atoms with E-state index in [1.54, 1.807) is 30.3 Å². The number of hydrogen-bond donors (Lipinski definition) is 1. The molecule has 1 fully saturated rings. The van der Waals surface area contributed by atoms with E-state index in [1.165, 1.54) is 25.3 Å². The lowest BCUT2D eigenvalue weighted by Gasteiger charge is -2.26. The zero-order chi connectivity index (χ0) is 24.8. The number of nitrogens with one attached hydrogen (secondary N) is 1. The third kappa shape index (κ3) is 5.62. The van der Waals surface area contributed by atoms with Crippen LogP contribution in [0.5, 0.6) is 17.2 Å². The number of para-hydroxylation sites is 1. The van der Waals surface area contributed by atoms with E-state index < -0.39 is 17.8 Å². The number of anilines is 1. The topological polar surface area (TPSA) is 94.2 Å². The summed E-state index contributed by atoms with van der Waals surface area (Å²) >= 11 is 5.89. The number of hydrogen-bond acceptors (Lipinski definition) is 6. The van der Waals surface area contributed by atoms with Gasteiger partial charge in [-0.05, 0) is 60.2 Å². The van der Waals surface area contributed by atoms with Crippen LogP contribution in [0.1, 0.15) is 5.56 Å². The van der Waals surface area contributed by atoms with Crippen molar-refractivity contribution < 1.29 is 28.6 Å². The fourth-order valence-corrected chi connectivity index (χ4v) is 3.50. The first-order valence-corrected chi connectivity index (χ1v) is 11.0. The minimum Gasteiger partial charge on any atom is -0.493 e. The van der Waals surface area contributed by atoms with E-state index >= 15 is 0 Å². The van der Waals surface area contributed by atoms with Crippen molar-refractivity contribution in [2.75, 3.05) is 25.2 Å². The van der Waals surface area contributed by atoms with Gasteiger partial charge in [-0.15, -0.1) is 0 Å². The number of carbonyl (C=O) groups is 3. The third-order valence-electron chi connectivity index (χ3n) is 5.04. The number of barbiturate groups is 1. The maximum atomic E-state index is 13.0. The highest BCUT2D eigenvalue weighted by Gasteiger charge is 2.36. The highest BCUT2D eigenvalue weighted by atomic mass is 35.5. The molecule has 0 unspecified atom stereocenters. The highest BCUT2D eigenvalue weighted by Crippen LogP contribution is 2.30. The van der Waals surface area contributed by atoms with Crippen LogP contribution in [0.25, 0.3) is 6.08 Å². The molecule has 1 aliphatic heterocycles. The van der Waals surface area contributed by atoms with Gasteiger partial charge in [-0.1, -0.05) is 35.9 Å². The number of ether oxygens (including phenoxy) is 3. The number of halogens is 1. The van der Waals surface area contributed by atoms with Crippen LogP contribution in [0, 0.1) is 0 Å². The summed E-state index contributed by atoms with van der Waals surface area (Å²) in [6, 6.07) is 19.6. The molecule has 1 aliphatic rings. The van der Waals surface area contributed by atoms with Crippen LogP contribution in [-0.4, -0.2) is 38.2 Å². The van der Waals surface area contributed by atoms with Gasteiger partial charge in [0.15, 0.2) is 11.5 Å². The highest BCUT2D eigenvalue weighted by molar-refractivity contribution is 6.39. The normalized spacial score (nSPS) is 14.6. The average Bonchev–Trinajstić information content (AvgIpc) is 2.86. The van der Waals surface area contributed by atoms with Gasteiger partial charge in [-0.2, -0.15) is 0 Å². The molecule has 0 atom stereocenters. The van der Waals surface area contributed by atoms with E-state index in [4.69, 9.17) is 25.8 Å². The van der Waals surface area contributed by atoms with Gasteiger partial charge < -0.3 is 14.2 Å². The van der Waals surface area contributed by atoms with E-state index in [2.05, 4.69) is 5.32 Å². The van der Waals surface area contributed by atoms with Crippen molar-refractivity contribution in [3.8, 4) is 17.2 Å². The van der Waals surface area contributed by atoms with Gasteiger partial charge in [-0.3, -0.25) is 14.9 Å². The van der Waals surface area contributed by atoms with E-state index in [0.717, 1.165) is 10.6 Å². The van der Waals surface area contributed by atoms with Crippen LogP contribution in [0.2, 0.25) is 5.02 Å². The summed E-state index contributed by atoms with van der Waals surface area (Å²) in [5, 5.41) is 2.64. The Hall–Kier alpha value is -4.30. The van der Waals surface area contributed by atoms with Gasteiger partial charge in [0.05, 0.1) is 12.8 Å². The van der Waals surface area contributed by atoms with Gasteiger partial charge in [0, 0.05) is 5.02 Å². The first-order chi connectivity index (χ1) is 17.0. The molecule has 178 valence electrons. The summed E-state index contributed by atoms with van der Waals surface area (Å²) in [5.41, 5.74) is 0.597. The minimum absolute atomic E-state index is 0.202. The van der Waals surface area contributed by atoms with E-state index in [9.17, 15) is 14.4 Å². The molecule has 0 bridgehead atoms. The second kappa shape index (κ2) is 10.8. The summed E-state index contributed by atoms with van der Waals surface area (Å²) in [4.78, 5) is 38.7. The molecule has 0 aliphatic carbocycles. The number of imide groups is 2. The number of benzene rings is 3. The third-order valence-corrected chi connectivity index (χ3v) is 5.29. The summed E-state index contributed by atoms with van der Waals surface area (Å²) in [7, 11) is 1.49.